The number of nitrogens with zero attached hydrogens (tertiary/aromatic N) is 3. The number of hydrogen-bond donors (Lipinski definition) is 1. The second kappa shape index (κ2) is 10.8. The lowest BCUT2D eigenvalue weighted by molar-refractivity contribution is 0.578. The summed E-state index contributed by atoms with van der Waals surface area (Å²) in [5.74, 6) is 0.498. The molecule has 0 amide bonds. The number of hydrogen-bond acceptors (Lipinski definition) is 5. The smallest absolute Gasteiger partial charge is 0.240 e. The minimum Gasteiger partial charge on any atom is -0.271 e. The lowest BCUT2D eigenvalue weighted by atomic mass is 10.1. The van der Waals surface area contributed by atoms with Gasteiger partial charge in [-0.15, -0.1) is 10.2 Å². The third-order valence-electron chi connectivity index (χ3n) is 5.58. The van der Waals surface area contributed by atoms with Gasteiger partial charge >= 0.3 is 0 Å². The fourth-order valence-electron chi connectivity index (χ4n) is 3.71. The molecular formula is C26H19Cl2FN4O2S2. The van der Waals surface area contributed by atoms with E-state index < -0.39 is 10.0 Å². The summed E-state index contributed by atoms with van der Waals surface area (Å²) in [6, 6.07) is 23.6. The molecule has 188 valence electrons. The molecule has 1 heterocycles. The number of aromatic nitrogens is 3. The van der Waals surface area contributed by atoms with Crippen molar-refractivity contribution in [3.05, 3.63) is 112 Å². The molecule has 5 aromatic rings. The van der Waals surface area contributed by atoms with Gasteiger partial charge in [-0.2, -0.15) is 0 Å². The molecule has 6 nitrogen and oxygen atoms in total. The summed E-state index contributed by atoms with van der Waals surface area (Å²) in [5.41, 5.74) is 1.40. The largest absolute Gasteiger partial charge is 0.271 e. The first-order chi connectivity index (χ1) is 17.8. The standard InChI is InChI=1S/C26H19Cl2FN4O2S2/c27-20-8-12-23(28)24(14-20)33-25(31-32-26(33)36-16-17-5-9-21(29)10-6-17)15-30-37(34,35)22-11-7-18-3-1-2-4-19(18)13-22/h1-14,30H,15-16H2. The van der Waals surface area contributed by atoms with Crippen LogP contribution in [0, 0.1) is 5.82 Å². The van der Waals surface area contributed by atoms with E-state index in [2.05, 4.69) is 14.9 Å². The summed E-state index contributed by atoms with van der Waals surface area (Å²) in [7, 11) is -3.85. The Morgan fingerprint density at radius 1 is 0.892 bits per heavy atom. The molecule has 0 saturated carbocycles. The first-order valence-electron chi connectivity index (χ1n) is 11.1. The van der Waals surface area contributed by atoms with Gasteiger partial charge in [-0.25, -0.2) is 17.5 Å². The van der Waals surface area contributed by atoms with E-state index in [4.69, 9.17) is 23.2 Å². The van der Waals surface area contributed by atoms with Crippen molar-refractivity contribution in [3.8, 4) is 5.69 Å². The zero-order chi connectivity index (χ0) is 26.0. The first kappa shape index (κ1) is 25.7. The maximum Gasteiger partial charge on any atom is 0.240 e. The molecule has 0 spiro atoms. The zero-order valence-electron chi connectivity index (χ0n) is 19.1. The molecule has 0 bridgehead atoms. The van der Waals surface area contributed by atoms with Gasteiger partial charge in [-0.3, -0.25) is 4.57 Å². The summed E-state index contributed by atoms with van der Waals surface area (Å²) < 4.78 is 43.8. The van der Waals surface area contributed by atoms with Gasteiger partial charge in [-0.05, 0) is 58.8 Å². The van der Waals surface area contributed by atoms with Crippen LogP contribution in [0.4, 0.5) is 4.39 Å². The van der Waals surface area contributed by atoms with Gasteiger partial charge in [0.15, 0.2) is 11.0 Å². The molecule has 1 aromatic heterocycles. The summed E-state index contributed by atoms with van der Waals surface area (Å²) in [5, 5.41) is 11.6. The second-order valence-corrected chi connectivity index (χ2v) is 11.6. The van der Waals surface area contributed by atoms with Crippen molar-refractivity contribution < 1.29 is 12.8 Å². The molecule has 0 unspecified atom stereocenters. The number of fused-ring (bicyclic) bond motifs is 1. The van der Waals surface area contributed by atoms with Crippen molar-refractivity contribution in [1.82, 2.24) is 19.5 Å². The van der Waals surface area contributed by atoms with Gasteiger partial charge in [0.05, 0.1) is 22.2 Å². The molecule has 4 aromatic carbocycles. The maximum atomic E-state index is 13.3. The molecule has 0 atom stereocenters. The third kappa shape index (κ3) is 5.81. The lowest BCUT2D eigenvalue weighted by Gasteiger charge is -2.13. The summed E-state index contributed by atoms with van der Waals surface area (Å²) in [6.07, 6.45) is 0. The Bertz CT molecular complexity index is 1690. The Morgan fingerprint density at radius 2 is 1.65 bits per heavy atom. The summed E-state index contributed by atoms with van der Waals surface area (Å²) >= 11 is 14.1. The van der Waals surface area contributed by atoms with Crippen LogP contribution >= 0.6 is 35.0 Å². The van der Waals surface area contributed by atoms with Gasteiger partial charge in [0.1, 0.15) is 5.82 Å². The van der Waals surface area contributed by atoms with Gasteiger partial charge in [0.25, 0.3) is 0 Å². The number of nitrogens with one attached hydrogen (secondary N) is 1. The van der Waals surface area contributed by atoms with Crippen LogP contribution in [0.2, 0.25) is 10.0 Å². The third-order valence-corrected chi connectivity index (χ3v) is 8.54. The van der Waals surface area contributed by atoms with Crippen molar-refractivity contribution >= 4 is 55.8 Å². The molecule has 1 N–H and O–H groups in total. The minimum atomic E-state index is -3.85. The highest BCUT2D eigenvalue weighted by Gasteiger charge is 2.21. The van der Waals surface area contributed by atoms with Crippen LogP contribution in [0.5, 0.6) is 0 Å². The van der Waals surface area contributed by atoms with Gasteiger partial charge < -0.3 is 0 Å². The van der Waals surface area contributed by atoms with E-state index in [0.29, 0.717) is 32.5 Å². The number of halogens is 3. The zero-order valence-corrected chi connectivity index (χ0v) is 22.3. The highest BCUT2D eigenvalue weighted by molar-refractivity contribution is 7.98. The number of rotatable bonds is 8. The number of benzene rings is 4. The van der Waals surface area contributed by atoms with Crippen molar-refractivity contribution in [2.24, 2.45) is 0 Å². The molecular weight excluding hydrogens is 554 g/mol. The molecule has 0 aliphatic heterocycles. The van der Waals surface area contributed by atoms with E-state index in [9.17, 15) is 12.8 Å². The molecule has 0 aliphatic rings. The van der Waals surface area contributed by atoms with Crippen LogP contribution in [0.15, 0.2) is 95.0 Å². The van der Waals surface area contributed by atoms with Gasteiger partial charge in [0.2, 0.25) is 10.0 Å². The van der Waals surface area contributed by atoms with E-state index in [1.807, 2.05) is 24.3 Å². The molecule has 0 fully saturated rings. The topological polar surface area (TPSA) is 76.9 Å². The lowest BCUT2D eigenvalue weighted by Crippen LogP contribution is -2.25. The van der Waals surface area contributed by atoms with E-state index in [0.717, 1.165) is 16.3 Å². The summed E-state index contributed by atoms with van der Waals surface area (Å²) in [6.45, 7) is -0.137. The van der Waals surface area contributed by atoms with Crippen molar-refractivity contribution in [2.75, 3.05) is 0 Å². The Balaban J connectivity index is 1.45. The molecule has 0 radical (unpaired) electrons. The molecule has 11 heteroatoms. The Kier molecular flexibility index (Phi) is 7.50. The van der Waals surface area contributed by atoms with Gasteiger partial charge in [-0.1, -0.05) is 77.4 Å². The number of sulfonamides is 1. The predicted octanol–water partition coefficient (Wildman–Crippen LogP) is 6.64. The van der Waals surface area contributed by atoms with E-state index >= 15 is 0 Å². The summed E-state index contributed by atoms with van der Waals surface area (Å²) in [4.78, 5) is 0.143. The van der Waals surface area contributed by atoms with E-state index in [-0.39, 0.29) is 17.3 Å². The molecule has 0 saturated heterocycles. The fourth-order valence-corrected chi connectivity index (χ4v) is 6.02. The first-order valence-corrected chi connectivity index (χ1v) is 14.3. The highest BCUT2D eigenvalue weighted by atomic mass is 35.5. The van der Waals surface area contributed by atoms with Crippen molar-refractivity contribution in [1.29, 1.82) is 0 Å². The highest BCUT2D eigenvalue weighted by Crippen LogP contribution is 2.31. The molecule has 37 heavy (non-hydrogen) atoms. The Hall–Kier alpha value is -2.95. The van der Waals surface area contributed by atoms with Crippen LogP contribution in [0.3, 0.4) is 0 Å². The van der Waals surface area contributed by atoms with Crippen molar-refractivity contribution in [2.45, 2.75) is 22.3 Å². The average Bonchev–Trinajstić information content (AvgIpc) is 3.31. The van der Waals surface area contributed by atoms with Gasteiger partial charge in [0, 0.05) is 10.8 Å². The predicted molar refractivity (Wildman–Crippen MR) is 145 cm³/mol. The Labute approximate surface area is 227 Å². The normalized spacial score (nSPS) is 11.8. The quantitative estimate of drug-likeness (QED) is 0.211. The van der Waals surface area contributed by atoms with E-state index in [1.54, 1.807) is 53.1 Å². The Morgan fingerprint density at radius 3 is 2.43 bits per heavy atom. The van der Waals surface area contributed by atoms with Crippen LogP contribution in [0.25, 0.3) is 16.5 Å². The van der Waals surface area contributed by atoms with Crippen LogP contribution in [-0.4, -0.2) is 23.2 Å². The monoisotopic (exact) mass is 572 g/mol. The number of thioether (sulfide) groups is 1. The van der Waals surface area contributed by atoms with E-state index in [1.165, 1.54) is 23.9 Å². The molecule has 5 rings (SSSR count). The van der Waals surface area contributed by atoms with Crippen molar-refractivity contribution in [3.63, 3.8) is 0 Å². The average molecular weight is 574 g/mol. The van der Waals surface area contributed by atoms with Crippen LogP contribution in [0.1, 0.15) is 11.4 Å². The SMILES string of the molecule is O=S(=O)(NCc1nnc(SCc2ccc(F)cc2)n1-c1cc(Cl)ccc1Cl)c1ccc2ccccc2c1. The fraction of sp³-hybridized carbons (Fsp3) is 0.0769. The minimum absolute atomic E-state index is 0.137. The maximum absolute atomic E-state index is 13.3. The second-order valence-electron chi connectivity index (χ2n) is 8.08. The van der Waals surface area contributed by atoms with Crippen LogP contribution < -0.4 is 4.72 Å². The molecule has 0 aliphatic carbocycles. The van der Waals surface area contributed by atoms with Crippen LogP contribution in [-0.2, 0) is 22.3 Å².